The molecule has 0 aliphatic rings. The number of carbonyl (C=O) groups excluding carboxylic acids is 1. The summed E-state index contributed by atoms with van der Waals surface area (Å²) in [5, 5.41) is 4.04. The third-order valence-electron chi connectivity index (χ3n) is 2.18. The molecule has 2 rings (SSSR count). The number of benzene rings is 1. The fourth-order valence-electron chi connectivity index (χ4n) is 1.41. The van der Waals surface area contributed by atoms with E-state index in [1.54, 1.807) is 35.3 Å². The molecule has 0 aliphatic heterocycles. The molecule has 0 fully saturated rings. The van der Waals surface area contributed by atoms with Gasteiger partial charge in [0.2, 0.25) is 10.0 Å². The van der Waals surface area contributed by atoms with E-state index in [4.69, 9.17) is 0 Å². The summed E-state index contributed by atoms with van der Waals surface area (Å²) in [7, 11) is -3.54. The van der Waals surface area contributed by atoms with E-state index in [1.807, 2.05) is 4.72 Å². The van der Waals surface area contributed by atoms with Gasteiger partial charge in [-0.05, 0) is 30.3 Å². The Kier molecular flexibility index (Phi) is 3.15. The molecule has 0 bridgehead atoms. The summed E-state index contributed by atoms with van der Waals surface area (Å²) >= 11 is 0. The number of amides is 1. The highest BCUT2D eigenvalue weighted by molar-refractivity contribution is 7.89. The second-order valence-corrected chi connectivity index (χ2v) is 5.45. The predicted molar refractivity (Wildman–Crippen MR) is 65.9 cm³/mol. The van der Waals surface area contributed by atoms with Crippen LogP contribution in [-0.2, 0) is 10.0 Å². The van der Waals surface area contributed by atoms with Crippen LogP contribution >= 0.6 is 0 Å². The van der Waals surface area contributed by atoms with E-state index in [-0.39, 0.29) is 5.56 Å². The Balaban J connectivity index is 2.20. The highest BCUT2D eigenvalue weighted by Crippen LogP contribution is 2.08. The lowest BCUT2D eigenvalue weighted by Gasteiger charge is -2.04. The van der Waals surface area contributed by atoms with Crippen LogP contribution in [0.5, 0.6) is 0 Å². The fourth-order valence-corrected chi connectivity index (χ4v) is 1.87. The van der Waals surface area contributed by atoms with E-state index in [0.29, 0.717) is 0 Å². The van der Waals surface area contributed by atoms with Crippen molar-refractivity contribution in [1.82, 2.24) is 14.5 Å². The van der Waals surface area contributed by atoms with Gasteiger partial charge in [-0.2, -0.15) is 5.10 Å². The minimum atomic E-state index is -3.54. The van der Waals surface area contributed by atoms with Crippen molar-refractivity contribution >= 4 is 15.9 Å². The van der Waals surface area contributed by atoms with E-state index in [2.05, 4.69) is 5.10 Å². The molecule has 0 atom stereocenters. The number of carbonyl (C=O) groups is 1. The summed E-state index contributed by atoms with van der Waals surface area (Å²) in [6.45, 7) is 0. The molecule has 0 aliphatic carbocycles. The van der Waals surface area contributed by atoms with Crippen LogP contribution in [0.3, 0.4) is 0 Å². The summed E-state index contributed by atoms with van der Waals surface area (Å²) in [6.07, 6.45) is 4.35. The van der Waals surface area contributed by atoms with Crippen molar-refractivity contribution in [1.29, 1.82) is 0 Å². The topological polar surface area (TPSA) is 81.1 Å². The molecule has 0 saturated heterocycles. The van der Waals surface area contributed by atoms with Gasteiger partial charge in [-0.15, -0.1) is 0 Å². The number of nitrogens with zero attached hydrogens (tertiary/aromatic N) is 2. The maximum absolute atomic E-state index is 11.5. The van der Waals surface area contributed by atoms with Crippen LogP contribution in [0.4, 0.5) is 0 Å². The molecule has 1 amide bonds. The molecule has 1 N–H and O–H groups in total. The van der Waals surface area contributed by atoms with Gasteiger partial charge in [0, 0.05) is 18.0 Å². The minimum absolute atomic E-state index is 0.274. The summed E-state index contributed by atoms with van der Waals surface area (Å²) < 4.78 is 25.4. The van der Waals surface area contributed by atoms with Crippen LogP contribution in [0.1, 0.15) is 10.4 Å². The first-order valence-electron chi connectivity index (χ1n) is 5.08. The van der Waals surface area contributed by atoms with Crippen molar-refractivity contribution in [2.24, 2.45) is 0 Å². The maximum Gasteiger partial charge on any atom is 0.264 e. The monoisotopic (exact) mass is 265 g/mol. The quantitative estimate of drug-likeness (QED) is 0.879. The molecule has 1 heterocycles. The Hall–Kier alpha value is -2.15. The largest absolute Gasteiger partial charge is 0.268 e. The van der Waals surface area contributed by atoms with E-state index in [1.165, 1.54) is 12.1 Å². The normalized spacial score (nSPS) is 11.2. The molecule has 0 radical (unpaired) electrons. The molecule has 6 nitrogen and oxygen atoms in total. The molecule has 18 heavy (non-hydrogen) atoms. The number of sulfonamides is 1. The first-order chi connectivity index (χ1) is 8.46. The molecular formula is C11H11N3O3S. The first kappa shape index (κ1) is 12.3. The number of aromatic nitrogens is 2. The second kappa shape index (κ2) is 4.61. The molecular weight excluding hydrogens is 254 g/mol. The van der Waals surface area contributed by atoms with E-state index >= 15 is 0 Å². The van der Waals surface area contributed by atoms with Gasteiger partial charge in [-0.25, -0.2) is 17.8 Å². The first-order valence-corrected chi connectivity index (χ1v) is 6.97. The van der Waals surface area contributed by atoms with Gasteiger partial charge in [-0.3, -0.25) is 4.79 Å². The lowest BCUT2D eigenvalue weighted by atomic mass is 10.2. The molecule has 1 aromatic heterocycles. The minimum Gasteiger partial charge on any atom is -0.268 e. The predicted octanol–water partition coefficient (Wildman–Crippen LogP) is 0.562. The maximum atomic E-state index is 11.5. The molecule has 2 aromatic rings. The lowest BCUT2D eigenvalue weighted by Crippen LogP contribution is -2.29. The molecule has 0 saturated carbocycles. The number of rotatable bonds is 3. The summed E-state index contributed by atoms with van der Waals surface area (Å²) in [6, 6.07) is 8.23. The third kappa shape index (κ3) is 2.95. The van der Waals surface area contributed by atoms with Crippen molar-refractivity contribution in [3.8, 4) is 5.69 Å². The van der Waals surface area contributed by atoms with Gasteiger partial charge in [0.1, 0.15) is 0 Å². The Morgan fingerprint density at radius 1 is 1.28 bits per heavy atom. The number of nitrogens with one attached hydrogen (secondary N) is 1. The average molecular weight is 265 g/mol. The molecule has 0 spiro atoms. The Morgan fingerprint density at radius 3 is 2.44 bits per heavy atom. The van der Waals surface area contributed by atoms with Gasteiger partial charge in [0.15, 0.2) is 0 Å². The van der Waals surface area contributed by atoms with Crippen molar-refractivity contribution in [2.45, 2.75) is 0 Å². The van der Waals surface area contributed by atoms with Gasteiger partial charge < -0.3 is 0 Å². The third-order valence-corrected chi connectivity index (χ3v) is 2.73. The van der Waals surface area contributed by atoms with Crippen molar-refractivity contribution < 1.29 is 13.2 Å². The second-order valence-electron chi connectivity index (χ2n) is 3.70. The summed E-state index contributed by atoms with van der Waals surface area (Å²) in [5.41, 5.74) is 1.06. The van der Waals surface area contributed by atoms with Gasteiger partial charge in [0.25, 0.3) is 5.91 Å². The van der Waals surface area contributed by atoms with E-state index < -0.39 is 15.9 Å². The van der Waals surface area contributed by atoms with Gasteiger partial charge in [0.05, 0.1) is 11.9 Å². The molecule has 7 heteroatoms. The van der Waals surface area contributed by atoms with Crippen LogP contribution in [0.25, 0.3) is 5.69 Å². The van der Waals surface area contributed by atoms with Crippen molar-refractivity contribution in [2.75, 3.05) is 6.26 Å². The van der Waals surface area contributed by atoms with Crippen LogP contribution < -0.4 is 4.72 Å². The number of hydrogen-bond donors (Lipinski definition) is 1. The Bertz CT molecular complexity index is 645. The van der Waals surface area contributed by atoms with Gasteiger partial charge in [-0.1, -0.05) is 0 Å². The van der Waals surface area contributed by atoms with Crippen molar-refractivity contribution in [3.05, 3.63) is 48.3 Å². The Labute approximate surface area is 104 Å². The Morgan fingerprint density at radius 2 is 1.94 bits per heavy atom. The van der Waals surface area contributed by atoms with Crippen LogP contribution in [0, 0.1) is 0 Å². The van der Waals surface area contributed by atoms with Crippen LogP contribution in [-0.4, -0.2) is 30.4 Å². The number of hydrogen-bond acceptors (Lipinski definition) is 4. The van der Waals surface area contributed by atoms with Gasteiger partial charge >= 0.3 is 0 Å². The highest BCUT2D eigenvalue weighted by atomic mass is 32.2. The van der Waals surface area contributed by atoms with E-state index in [0.717, 1.165) is 11.9 Å². The zero-order chi connectivity index (χ0) is 13.2. The zero-order valence-corrected chi connectivity index (χ0v) is 10.4. The zero-order valence-electron chi connectivity index (χ0n) is 9.57. The molecule has 1 aromatic carbocycles. The SMILES string of the molecule is CS(=O)(=O)NC(=O)c1ccc(-n2cccn2)cc1. The van der Waals surface area contributed by atoms with E-state index in [9.17, 15) is 13.2 Å². The molecule has 0 unspecified atom stereocenters. The summed E-state index contributed by atoms with van der Waals surface area (Å²) in [4.78, 5) is 11.5. The van der Waals surface area contributed by atoms with Crippen molar-refractivity contribution in [3.63, 3.8) is 0 Å². The smallest absolute Gasteiger partial charge is 0.264 e. The fraction of sp³-hybridized carbons (Fsp3) is 0.0909. The van der Waals surface area contributed by atoms with Crippen LogP contribution in [0.15, 0.2) is 42.7 Å². The van der Waals surface area contributed by atoms with Crippen LogP contribution in [0.2, 0.25) is 0 Å². The highest BCUT2D eigenvalue weighted by Gasteiger charge is 2.10. The molecule has 94 valence electrons. The lowest BCUT2D eigenvalue weighted by molar-refractivity contribution is 0.0981. The summed E-state index contributed by atoms with van der Waals surface area (Å²) in [5.74, 6) is -0.649. The average Bonchev–Trinajstić information content (AvgIpc) is 2.80. The standard InChI is InChI=1S/C11H11N3O3S/c1-18(16,17)13-11(15)9-3-5-10(6-4-9)14-8-2-7-12-14/h2-8H,1H3,(H,13,15).